The normalized spacial score (nSPS) is 15.9. The van der Waals surface area contributed by atoms with Gasteiger partial charge in [0.1, 0.15) is 21.2 Å². The van der Waals surface area contributed by atoms with Gasteiger partial charge in [0.25, 0.3) is 5.91 Å². The van der Waals surface area contributed by atoms with Gasteiger partial charge >= 0.3 is 6.03 Å². The van der Waals surface area contributed by atoms with Crippen molar-refractivity contribution in [2.45, 2.75) is 19.8 Å². The molecule has 10 heteroatoms. The maximum absolute atomic E-state index is 13.6. The Balaban J connectivity index is 0.00000323. The number of ether oxygens (including phenoxy) is 1. The Morgan fingerprint density at radius 1 is 1.15 bits per heavy atom. The van der Waals surface area contributed by atoms with E-state index in [1.54, 1.807) is 22.1 Å². The number of amides is 3. The number of urea groups is 1. The fourth-order valence-electron chi connectivity index (χ4n) is 5.24. The minimum Gasteiger partial charge on any atom is -0.457 e. The predicted octanol–water partition coefficient (Wildman–Crippen LogP) is 6.80. The highest BCUT2D eigenvalue weighted by molar-refractivity contribution is 7.59. The van der Waals surface area contributed by atoms with E-state index in [-0.39, 0.29) is 37.1 Å². The molecule has 2 aliphatic heterocycles. The number of hydrogen-bond acceptors (Lipinski definition) is 6. The van der Waals surface area contributed by atoms with E-state index in [0.717, 1.165) is 23.1 Å². The molecule has 2 aromatic carbocycles. The van der Waals surface area contributed by atoms with E-state index in [4.69, 9.17) is 4.74 Å². The van der Waals surface area contributed by atoms with Crippen LogP contribution in [0.15, 0.2) is 73.4 Å². The summed E-state index contributed by atoms with van der Waals surface area (Å²) in [6, 6.07) is 16.6. The number of pyridine rings is 1. The van der Waals surface area contributed by atoms with Crippen LogP contribution in [0.1, 0.15) is 28.1 Å². The van der Waals surface area contributed by atoms with E-state index in [1.165, 1.54) is 17.4 Å². The average Bonchev–Trinajstić information content (AvgIpc) is 3.55. The van der Waals surface area contributed by atoms with Gasteiger partial charge in [-0.3, -0.25) is 14.5 Å². The Labute approximate surface area is 242 Å². The molecule has 0 spiro atoms. The monoisotopic (exact) mass is 572 g/mol. The Kier molecular flexibility index (Phi) is 7.64. The molecule has 1 atom stereocenters. The van der Waals surface area contributed by atoms with E-state index in [2.05, 4.69) is 16.9 Å². The van der Waals surface area contributed by atoms with Gasteiger partial charge in [-0.1, -0.05) is 24.8 Å². The molecule has 1 fully saturated rings. The minimum atomic E-state index is -0.349. The van der Waals surface area contributed by atoms with Crippen LogP contribution >= 0.6 is 24.8 Å². The molecule has 0 saturated carbocycles. The first kappa shape index (κ1) is 27.4. The summed E-state index contributed by atoms with van der Waals surface area (Å²) in [7, 11) is 0. The summed E-state index contributed by atoms with van der Waals surface area (Å²) in [6.07, 6.45) is 4.14. The second-order valence-corrected chi connectivity index (χ2v) is 10.7. The maximum Gasteiger partial charge on any atom is 0.331 e. The van der Waals surface area contributed by atoms with Crippen molar-refractivity contribution in [3.63, 3.8) is 0 Å². The van der Waals surface area contributed by atoms with E-state index < -0.39 is 0 Å². The fraction of sp³-hybridized carbons (Fsp3) is 0.200. The largest absolute Gasteiger partial charge is 0.457 e. The van der Waals surface area contributed by atoms with Crippen molar-refractivity contribution in [1.82, 2.24) is 9.88 Å². The van der Waals surface area contributed by atoms with Crippen molar-refractivity contribution in [2.75, 3.05) is 23.3 Å². The first-order valence-corrected chi connectivity index (χ1v) is 13.6. The number of ketones is 1. The summed E-state index contributed by atoms with van der Waals surface area (Å²) >= 11 is 1.28. The number of benzene rings is 2. The second-order valence-electron chi connectivity index (χ2n) is 9.73. The summed E-state index contributed by atoms with van der Waals surface area (Å²) in [6.45, 7) is 6.54. The van der Waals surface area contributed by atoms with Crippen LogP contribution in [0.25, 0.3) is 10.2 Å². The summed E-state index contributed by atoms with van der Waals surface area (Å²) in [4.78, 5) is 47.9. The highest BCUT2D eigenvalue weighted by atomic mass is 32.1. The molecule has 8 nitrogen and oxygen atoms in total. The number of aryl methyl sites for hydroxylation is 1. The summed E-state index contributed by atoms with van der Waals surface area (Å²) in [5, 5.41) is 3.71. The number of rotatable bonds is 7. The smallest absolute Gasteiger partial charge is 0.331 e. The molecule has 0 aliphatic carbocycles. The Bertz CT molecular complexity index is 1640. The van der Waals surface area contributed by atoms with Crippen molar-refractivity contribution in [3.8, 4) is 11.5 Å². The van der Waals surface area contributed by atoms with Crippen LogP contribution in [0.5, 0.6) is 11.5 Å². The molecule has 204 valence electrons. The summed E-state index contributed by atoms with van der Waals surface area (Å²) in [5.74, 6) is 1.35. The quantitative estimate of drug-likeness (QED) is 0.246. The molecule has 0 unspecified atom stereocenters. The van der Waals surface area contributed by atoms with E-state index >= 15 is 0 Å². The van der Waals surface area contributed by atoms with Gasteiger partial charge in [-0.25, -0.2) is 9.78 Å². The molecule has 40 heavy (non-hydrogen) atoms. The number of carbonyl (C=O) groups excluding carboxylic acids is 3. The lowest BCUT2D eigenvalue weighted by Gasteiger charge is -2.30. The number of para-hydroxylation sites is 1. The van der Waals surface area contributed by atoms with Gasteiger partial charge in [0.05, 0.1) is 22.4 Å². The van der Waals surface area contributed by atoms with Crippen LogP contribution < -0.4 is 15.0 Å². The lowest BCUT2D eigenvalue weighted by Crippen LogP contribution is -2.35. The summed E-state index contributed by atoms with van der Waals surface area (Å²) < 4.78 is 5.96. The lowest BCUT2D eigenvalue weighted by molar-refractivity contribution is -0.115. The molecule has 0 bridgehead atoms. The number of allylic oxidation sites excluding steroid dienone is 1. The van der Waals surface area contributed by atoms with Crippen LogP contribution in [-0.4, -0.2) is 40.7 Å². The van der Waals surface area contributed by atoms with Crippen molar-refractivity contribution >= 4 is 69.8 Å². The van der Waals surface area contributed by atoms with Gasteiger partial charge in [-0.05, 0) is 67.3 Å². The number of thiophene rings is 1. The topological polar surface area (TPSA) is 91.8 Å². The van der Waals surface area contributed by atoms with Crippen molar-refractivity contribution in [3.05, 3.63) is 83.9 Å². The molecule has 4 aromatic rings. The zero-order valence-corrected chi connectivity index (χ0v) is 23.7. The molecule has 1 saturated heterocycles. The Morgan fingerprint density at radius 3 is 2.70 bits per heavy atom. The molecular weight excluding hydrogens is 544 g/mol. The number of anilines is 3. The van der Waals surface area contributed by atoms with Crippen molar-refractivity contribution in [1.29, 1.82) is 0 Å². The third kappa shape index (κ3) is 4.96. The second kappa shape index (κ2) is 11.1. The number of nitrogens with zero attached hydrogens (tertiary/aromatic N) is 3. The molecular formula is C30H28N4O4S2. The minimum absolute atomic E-state index is 0. The maximum atomic E-state index is 13.6. The standard InChI is InChI=1S/C30H26N4O4S.H2S/c1-3-20(35)16-19-12-14-33(17-19)29(36)27-26-25-24(11-13-31-28(25)39-27)34(30(37)32-26)23-10-9-22(15-18(23)2)38-21-7-5-4-6-8-21;/h3-11,13,15,19H,1,12,14,16-17H2,2H3,(H,32,37);1H2/t19-;/m1./s1. The molecule has 2 aromatic heterocycles. The Morgan fingerprint density at radius 2 is 1.95 bits per heavy atom. The zero-order chi connectivity index (χ0) is 27.1. The van der Waals surface area contributed by atoms with Gasteiger partial charge in [-0.15, -0.1) is 11.3 Å². The zero-order valence-electron chi connectivity index (χ0n) is 21.8. The first-order valence-electron chi connectivity index (χ1n) is 12.7. The Hall–Kier alpha value is -4.15. The number of likely N-dealkylation sites (tertiary alicyclic amines) is 1. The highest BCUT2D eigenvalue weighted by Crippen LogP contribution is 2.47. The van der Waals surface area contributed by atoms with Gasteiger partial charge in [0.2, 0.25) is 0 Å². The van der Waals surface area contributed by atoms with Crippen molar-refractivity contribution in [2.24, 2.45) is 5.92 Å². The lowest BCUT2D eigenvalue weighted by atomic mass is 10.0. The predicted molar refractivity (Wildman–Crippen MR) is 163 cm³/mol. The van der Waals surface area contributed by atoms with Crippen LogP contribution in [0.3, 0.4) is 0 Å². The average molecular weight is 573 g/mol. The first-order chi connectivity index (χ1) is 18.9. The number of carbonyl (C=O) groups is 3. The fourth-order valence-corrected chi connectivity index (χ4v) is 6.32. The number of hydrogen-bond donors (Lipinski definition) is 1. The third-order valence-electron chi connectivity index (χ3n) is 7.12. The number of nitrogens with one attached hydrogen (secondary N) is 1. The molecule has 0 radical (unpaired) electrons. The van der Waals surface area contributed by atoms with Gasteiger partial charge < -0.3 is 15.0 Å². The number of aromatic nitrogens is 1. The van der Waals surface area contributed by atoms with Crippen LogP contribution in [-0.2, 0) is 4.79 Å². The van der Waals surface area contributed by atoms with E-state index in [0.29, 0.717) is 52.0 Å². The van der Waals surface area contributed by atoms with Crippen LogP contribution in [0.4, 0.5) is 21.9 Å². The van der Waals surface area contributed by atoms with Crippen LogP contribution in [0, 0.1) is 12.8 Å². The molecule has 2 aliphatic rings. The molecule has 6 rings (SSSR count). The molecule has 3 amide bonds. The third-order valence-corrected chi connectivity index (χ3v) is 8.20. The van der Waals surface area contributed by atoms with Crippen LogP contribution in [0.2, 0.25) is 0 Å². The highest BCUT2D eigenvalue weighted by Gasteiger charge is 2.36. The van der Waals surface area contributed by atoms with Gasteiger partial charge in [0, 0.05) is 25.7 Å². The van der Waals surface area contributed by atoms with E-state index in [1.807, 2.05) is 55.5 Å². The van der Waals surface area contributed by atoms with Gasteiger partial charge in [0.15, 0.2) is 5.78 Å². The SMILES string of the molecule is C=CC(=O)C[C@H]1CCN(C(=O)c2sc3nccc4c3c2NC(=O)N4c2ccc(Oc3ccccc3)cc2C)C1.S. The van der Waals surface area contributed by atoms with Crippen molar-refractivity contribution < 1.29 is 19.1 Å². The molecule has 4 heterocycles. The van der Waals surface area contributed by atoms with E-state index in [9.17, 15) is 14.4 Å². The molecule has 1 N–H and O–H groups in total. The van der Waals surface area contributed by atoms with Gasteiger partial charge in [-0.2, -0.15) is 13.5 Å². The summed E-state index contributed by atoms with van der Waals surface area (Å²) in [5.41, 5.74) is 2.73.